The van der Waals surface area contributed by atoms with E-state index in [4.69, 9.17) is 18.9 Å². The molecule has 83 heavy (non-hydrogen) atoms. The van der Waals surface area contributed by atoms with Crippen LogP contribution in [0.2, 0.25) is 0 Å². The molecule has 0 aromatic carbocycles. The number of nitrogens with zero attached hydrogens (tertiary/aromatic N) is 1. The predicted molar refractivity (Wildman–Crippen MR) is 355 cm³/mol. The lowest BCUT2D eigenvalue weighted by Crippen LogP contribution is -2.40. The van der Waals surface area contributed by atoms with Gasteiger partial charge >= 0.3 is 17.9 Å². The molecular formula is C74H138NO8+. The van der Waals surface area contributed by atoms with Gasteiger partial charge in [0.25, 0.3) is 6.29 Å². The first-order chi connectivity index (χ1) is 40.6. The van der Waals surface area contributed by atoms with Crippen LogP contribution in [0.4, 0.5) is 0 Å². The number of hydrogen-bond donors (Lipinski definition) is 1. The molecule has 2 atom stereocenters. The minimum atomic E-state index is -1.51. The summed E-state index contributed by atoms with van der Waals surface area (Å²) in [5.41, 5.74) is 0. The maximum atomic E-state index is 12.9. The van der Waals surface area contributed by atoms with Crippen molar-refractivity contribution in [3.63, 3.8) is 0 Å². The number of carboxylic acid groups (broad SMARTS) is 1. The van der Waals surface area contributed by atoms with Crippen LogP contribution >= 0.6 is 0 Å². The molecule has 0 amide bonds. The number of carbonyl (C=O) groups is 3. The van der Waals surface area contributed by atoms with Crippen LogP contribution in [-0.2, 0) is 33.3 Å². The molecule has 2 unspecified atom stereocenters. The highest BCUT2D eigenvalue weighted by molar-refractivity contribution is 5.71. The Morgan fingerprint density at radius 2 is 0.651 bits per heavy atom. The lowest BCUT2D eigenvalue weighted by atomic mass is 10.0. The molecule has 0 rings (SSSR count). The van der Waals surface area contributed by atoms with Crippen LogP contribution in [0, 0.1) is 0 Å². The van der Waals surface area contributed by atoms with E-state index < -0.39 is 18.4 Å². The Balaban J connectivity index is 3.92. The fourth-order valence-electron chi connectivity index (χ4n) is 10.5. The molecule has 0 fully saturated rings. The summed E-state index contributed by atoms with van der Waals surface area (Å²) in [6, 6.07) is 0. The first-order valence-corrected chi connectivity index (χ1v) is 35.8. The fourth-order valence-corrected chi connectivity index (χ4v) is 10.5. The van der Waals surface area contributed by atoms with Gasteiger partial charge in [-0.05, 0) is 77.0 Å². The van der Waals surface area contributed by atoms with Crippen molar-refractivity contribution in [1.82, 2.24) is 0 Å². The zero-order valence-electron chi connectivity index (χ0n) is 55.6. The van der Waals surface area contributed by atoms with Crippen molar-refractivity contribution in [3.8, 4) is 0 Å². The minimum absolute atomic E-state index is 0.183. The van der Waals surface area contributed by atoms with Crippen LogP contribution in [0.5, 0.6) is 0 Å². The Hall–Kier alpha value is -2.75. The Kier molecular flexibility index (Phi) is 63.1. The van der Waals surface area contributed by atoms with E-state index in [9.17, 15) is 19.5 Å². The molecule has 9 nitrogen and oxygen atoms in total. The Morgan fingerprint density at radius 3 is 0.976 bits per heavy atom. The van der Waals surface area contributed by atoms with E-state index in [1.165, 1.54) is 257 Å². The number of esters is 2. The highest BCUT2D eigenvalue weighted by atomic mass is 16.7. The number of unbranched alkanes of at least 4 members (excludes halogenated alkanes) is 44. The van der Waals surface area contributed by atoms with Gasteiger partial charge in [0, 0.05) is 12.8 Å². The third kappa shape index (κ3) is 66.6. The summed E-state index contributed by atoms with van der Waals surface area (Å²) in [5, 5.41) is 9.73. The molecule has 0 aliphatic heterocycles. The average Bonchev–Trinajstić information content (AvgIpc) is 3.47. The minimum Gasteiger partial charge on any atom is -0.477 e. The lowest BCUT2D eigenvalue weighted by molar-refractivity contribution is -0.870. The van der Waals surface area contributed by atoms with Gasteiger partial charge in [-0.25, -0.2) is 4.79 Å². The molecule has 0 aromatic rings. The second-order valence-electron chi connectivity index (χ2n) is 25.5. The highest BCUT2D eigenvalue weighted by Crippen LogP contribution is 2.19. The van der Waals surface area contributed by atoms with E-state index in [0.29, 0.717) is 17.4 Å². The normalized spacial score (nSPS) is 12.9. The maximum Gasteiger partial charge on any atom is 0.361 e. The van der Waals surface area contributed by atoms with Gasteiger partial charge in [-0.3, -0.25) is 9.59 Å². The molecule has 0 radical (unpaired) electrons. The van der Waals surface area contributed by atoms with Gasteiger partial charge in [-0.15, -0.1) is 0 Å². The third-order valence-corrected chi connectivity index (χ3v) is 16.1. The first kappa shape index (κ1) is 80.2. The van der Waals surface area contributed by atoms with E-state index in [2.05, 4.69) is 62.5 Å². The number of likely N-dealkylation sites (N-methyl/N-ethyl adjacent to an activating group) is 1. The summed E-state index contributed by atoms with van der Waals surface area (Å²) in [5.74, 6) is -2.00. The summed E-state index contributed by atoms with van der Waals surface area (Å²) >= 11 is 0. The van der Waals surface area contributed by atoms with Gasteiger partial charge in [0.15, 0.2) is 6.10 Å². The summed E-state index contributed by atoms with van der Waals surface area (Å²) in [7, 11) is 5.98. The molecular weight excluding hydrogens is 1030 g/mol. The lowest BCUT2D eigenvalue weighted by Gasteiger charge is -2.25. The number of ether oxygens (including phenoxy) is 4. The Labute approximate surface area is 514 Å². The van der Waals surface area contributed by atoms with Crippen LogP contribution in [0.15, 0.2) is 48.6 Å². The molecule has 0 bridgehead atoms. The Morgan fingerprint density at radius 1 is 0.361 bits per heavy atom. The Bertz CT molecular complexity index is 1500. The van der Waals surface area contributed by atoms with Crippen molar-refractivity contribution in [3.05, 3.63) is 48.6 Å². The van der Waals surface area contributed by atoms with Crippen LogP contribution in [-0.4, -0.2) is 87.4 Å². The molecule has 9 heteroatoms. The molecule has 0 aliphatic rings. The summed E-state index contributed by atoms with van der Waals surface area (Å²) in [6.45, 7) is 4.88. The fraction of sp³-hybridized carbons (Fsp3) is 0.851. The van der Waals surface area contributed by atoms with Gasteiger partial charge in [-0.2, -0.15) is 0 Å². The topological polar surface area (TPSA) is 108 Å². The van der Waals surface area contributed by atoms with Crippen LogP contribution in [0.3, 0.4) is 0 Å². The standard InChI is InChI=1S/C74H137NO8/c1-6-8-10-12-14-16-18-20-22-24-25-26-27-28-29-30-31-32-33-34-35-36-37-38-39-40-41-42-43-44-45-46-47-49-51-53-55-57-59-61-63-65-72(77)83-70(69-82-74(73(78)79)80-67-66-75(3,4)5)68-81-71(76)64-62-60-58-56-54-52-50-48-23-21-19-17-15-13-11-9-7-2/h15,17-18,20-21,23-25,70,74H,6-14,16,19,22,26-69H2,1-5H3/p+1/b17-15-,20-18-,23-21-,25-24-. The van der Waals surface area contributed by atoms with E-state index in [-0.39, 0.29) is 38.2 Å². The first-order valence-electron chi connectivity index (χ1n) is 35.8. The second kappa shape index (κ2) is 65.2. The van der Waals surface area contributed by atoms with Gasteiger partial charge in [0.2, 0.25) is 0 Å². The molecule has 0 saturated heterocycles. The molecule has 0 spiro atoms. The highest BCUT2D eigenvalue weighted by Gasteiger charge is 2.25. The smallest absolute Gasteiger partial charge is 0.361 e. The number of aliphatic carboxylic acids is 1. The van der Waals surface area contributed by atoms with Crippen LogP contribution < -0.4 is 0 Å². The number of quaternary nitrogens is 1. The van der Waals surface area contributed by atoms with Crippen LogP contribution in [0.1, 0.15) is 348 Å². The molecule has 0 saturated carbocycles. The van der Waals surface area contributed by atoms with Crippen molar-refractivity contribution in [2.24, 2.45) is 0 Å². The number of rotatable bonds is 67. The molecule has 486 valence electrons. The quantitative estimate of drug-likeness (QED) is 0.0211. The van der Waals surface area contributed by atoms with Gasteiger partial charge in [0.05, 0.1) is 34.4 Å². The monoisotopic (exact) mass is 1170 g/mol. The van der Waals surface area contributed by atoms with E-state index >= 15 is 0 Å². The number of allylic oxidation sites excluding steroid dienone is 8. The average molecular weight is 1170 g/mol. The van der Waals surface area contributed by atoms with Gasteiger partial charge in [0.1, 0.15) is 13.2 Å². The van der Waals surface area contributed by atoms with E-state index in [0.717, 1.165) is 64.2 Å². The number of carbonyl (C=O) groups excluding carboxylic acids is 2. The molecule has 0 aromatic heterocycles. The van der Waals surface area contributed by atoms with Crippen molar-refractivity contribution < 1.29 is 42.9 Å². The van der Waals surface area contributed by atoms with Crippen molar-refractivity contribution in [1.29, 1.82) is 0 Å². The van der Waals surface area contributed by atoms with Gasteiger partial charge in [-0.1, -0.05) is 306 Å². The van der Waals surface area contributed by atoms with Crippen molar-refractivity contribution in [2.45, 2.75) is 360 Å². The molecule has 1 N–H and O–H groups in total. The zero-order chi connectivity index (χ0) is 60.5. The summed E-state index contributed by atoms with van der Waals surface area (Å²) in [6.07, 6.45) is 81.1. The molecule has 0 heterocycles. The summed E-state index contributed by atoms with van der Waals surface area (Å²) < 4.78 is 22.9. The largest absolute Gasteiger partial charge is 0.477 e. The van der Waals surface area contributed by atoms with E-state index in [1.54, 1.807) is 0 Å². The second-order valence-corrected chi connectivity index (χ2v) is 25.5. The molecule has 0 aliphatic carbocycles. The number of hydrogen-bond acceptors (Lipinski definition) is 7. The van der Waals surface area contributed by atoms with Gasteiger partial charge < -0.3 is 28.5 Å². The van der Waals surface area contributed by atoms with Crippen LogP contribution in [0.25, 0.3) is 0 Å². The maximum absolute atomic E-state index is 12.9. The zero-order valence-corrected chi connectivity index (χ0v) is 55.6. The SMILES string of the molecule is CCCCC/C=C\C/C=C\CCCCCCCCCC(=O)OCC(COC(OCC[N+](C)(C)C)C(=O)O)OC(=O)CCCCCCCCCCCCCCCCCCCCCCCCCCCCCCC/C=C\C/C=C\CCCCCCC. The number of carboxylic acids is 1. The van der Waals surface area contributed by atoms with Crippen molar-refractivity contribution >= 4 is 17.9 Å². The third-order valence-electron chi connectivity index (χ3n) is 16.1. The summed E-state index contributed by atoms with van der Waals surface area (Å²) in [4.78, 5) is 37.5. The predicted octanol–water partition coefficient (Wildman–Crippen LogP) is 22.1. The van der Waals surface area contributed by atoms with Crippen molar-refractivity contribution in [2.75, 3.05) is 47.5 Å². The van der Waals surface area contributed by atoms with E-state index in [1.807, 2.05) is 21.1 Å².